The average Bonchev–Trinajstić information content (AvgIpc) is 3.34. The molecule has 1 fully saturated rings. The second kappa shape index (κ2) is 9.94. The summed E-state index contributed by atoms with van der Waals surface area (Å²) >= 11 is 1.24. The van der Waals surface area contributed by atoms with Crippen molar-refractivity contribution in [2.75, 3.05) is 13.7 Å². The van der Waals surface area contributed by atoms with Crippen LogP contribution < -0.4 is 16.0 Å². The molecule has 2 rings (SSSR count). The number of amides is 2. The molecule has 2 amide bonds. The first-order valence-electron chi connectivity index (χ1n) is 9.30. The first kappa shape index (κ1) is 22.3. The number of aliphatic hydroxyl groups is 1. The zero-order valence-electron chi connectivity index (χ0n) is 16.5. The number of hydrogen-bond acceptors (Lipinski definition) is 8. The van der Waals surface area contributed by atoms with Gasteiger partial charge in [-0.3, -0.25) is 9.59 Å². The molecular formula is C18H28N4O5S. The zero-order valence-corrected chi connectivity index (χ0v) is 17.3. The van der Waals surface area contributed by atoms with Gasteiger partial charge in [0.1, 0.15) is 11.0 Å². The molecule has 4 atom stereocenters. The molecule has 0 spiro atoms. The summed E-state index contributed by atoms with van der Waals surface area (Å²) in [7, 11) is 1.28. The highest BCUT2D eigenvalue weighted by atomic mass is 32.1. The Morgan fingerprint density at radius 3 is 2.57 bits per heavy atom. The van der Waals surface area contributed by atoms with E-state index in [1.54, 1.807) is 5.38 Å². The number of esters is 1. The molecule has 1 aliphatic rings. The summed E-state index contributed by atoms with van der Waals surface area (Å²) in [6.45, 7) is 6.02. The molecule has 1 aromatic rings. The highest BCUT2D eigenvalue weighted by molar-refractivity contribution is 7.09. The number of rotatable bonds is 8. The molecule has 0 aliphatic carbocycles. The third-order valence-corrected chi connectivity index (χ3v) is 5.51. The first-order chi connectivity index (χ1) is 13.2. The average molecular weight is 413 g/mol. The third kappa shape index (κ3) is 5.49. The molecule has 0 aromatic carbocycles. The van der Waals surface area contributed by atoms with Crippen molar-refractivity contribution in [1.82, 2.24) is 20.9 Å². The van der Waals surface area contributed by atoms with Crippen LogP contribution in [0.4, 0.5) is 0 Å². The topological polar surface area (TPSA) is 130 Å². The molecule has 1 saturated heterocycles. The van der Waals surface area contributed by atoms with E-state index in [0.717, 1.165) is 13.0 Å². The van der Waals surface area contributed by atoms with Gasteiger partial charge in [-0.05, 0) is 32.2 Å². The summed E-state index contributed by atoms with van der Waals surface area (Å²) in [6.07, 6.45) is 0.524. The number of ether oxygens (including phenoxy) is 1. The molecular weight excluding hydrogens is 384 g/mol. The molecule has 9 nitrogen and oxygen atoms in total. The lowest BCUT2D eigenvalue weighted by Gasteiger charge is -2.26. The van der Waals surface area contributed by atoms with E-state index in [2.05, 4.69) is 25.7 Å². The number of hydrogen-bond donors (Lipinski definition) is 4. The van der Waals surface area contributed by atoms with Gasteiger partial charge >= 0.3 is 5.97 Å². The van der Waals surface area contributed by atoms with Crippen LogP contribution >= 0.6 is 11.3 Å². The fraction of sp³-hybridized carbons (Fsp3) is 0.667. The Kier molecular flexibility index (Phi) is 7.90. The van der Waals surface area contributed by atoms with Gasteiger partial charge in [0.2, 0.25) is 11.8 Å². The molecule has 0 bridgehead atoms. The fourth-order valence-corrected chi connectivity index (χ4v) is 3.96. The number of nitrogens with zero attached hydrogens (tertiary/aromatic N) is 1. The zero-order chi connectivity index (χ0) is 20.8. The molecule has 28 heavy (non-hydrogen) atoms. The number of carbonyl (C=O) groups excluding carboxylic acids is 3. The lowest BCUT2D eigenvalue weighted by molar-refractivity contribution is -0.133. The van der Waals surface area contributed by atoms with Gasteiger partial charge in [-0.2, -0.15) is 0 Å². The van der Waals surface area contributed by atoms with Crippen molar-refractivity contribution in [3.8, 4) is 0 Å². The highest BCUT2D eigenvalue weighted by Gasteiger charge is 2.32. The SMILES string of the molecule is COC(=O)c1csc([C@@H](NC(=O)[C@@H](NC(=O)[C@@H]2CCCN2)[C@H](C)O)C(C)C)n1. The Balaban J connectivity index is 2.10. The van der Waals surface area contributed by atoms with Crippen LogP contribution in [0.25, 0.3) is 0 Å². The number of nitrogens with one attached hydrogen (secondary N) is 3. The van der Waals surface area contributed by atoms with Gasteiger partial charge in [-0.1, -0.05) is 13.8 Å². The second-order valence-corrected chi connectivity index (χ2v) is 8.06. The van der Waals surface area contributed by atoms with Crippen LogP contribution in [-0.4, -0.2) is 59.7 Å². The highest BCUT2D eigenvalue weighted by Crippen LogP contribution is 2.25. The Morgan fingerprint density at radius 2 is 2.04 bits per heavy atom. The molecule has 2 heterocycles. The minimum Gasteiger partial charge on any atom is -0.464 e. The summed E-state index contributed by atoms with van der Waals surface area (Å²) in [6, 6.07) is -1.91. The molecule has 1 aromatic heterocycles. The van der Waals surface area contributed by atoms with Crippen molar-refractivity contribution < 1.29 is 24.2 Å². The maximum atomic E-state index is 12.8. The van der Waals surface area contributed by atoms with Crippen molar-refractivity contribution in [3.05, 3.63) is 16.1 Å². The Labute approximate surface area is 168 Å². The summed E-state index contributed by atoms with van der Waals surface area (Å²) in [5, 5.41) is 20.7. The lowest BCUT2D eigenvalue weighted by atomic mass is 10.0. The van der Waals surface area contributed by atoms with E-state index in [0.29, 0.717) is 11.4 Å². The van der Waals surface area contributed by atoms with E-state index in [1.165, 1.54) is 25.4 Å². The largest absolute Gasteiger partial charge is 0.464 e. The van der Waals surface area contributed by atoms with Crippen LogP contribution in [0.15, 0.2) is 5.38 Å². The van der Waals surface area contributed by atoms with Crippen molar-refractivity contribution in [2.45, 2.75) is 57.8 Å². The summed E-state index contributed by atoms with van der Waals surface area (Å²) in [5.74, 6) is -1.38. The predicted octanol–water partition coefficient (Wildman–Crippen LogP) is 0.361. The molecule has 10 heteroatoms. The smallest absolute Gasteiger partial charge is 0.357 e. The minimum atomic E-state index is -1.09. The van der Waals surface area contributed by atoms with E-state index in [9.17, 15) is 19.5 Å². The van der Waals surface area contributed by atoms with E-state index in [1.807, 2.05) is 13.8 Å². The number of methoxy groups -OCH3 is 1. The van der Waals surface area contributed by atoms with Gasteiger partial charge in [0.15, 0.2) is 5.69 Å². The van der Waals surface area contributed by atoms with E-state index < -0.39 is 30.1 Å². The number of aliphatic hydroxyl groups excluding tert-OH is 1. The third-order valence-electron chi connectivity index (χ3n) is 4.59. The lowest BCUT2D eigenvalue weighted by Crippen LogP contribution is -2.56. The van der Waals surface area contributed by atoms with Crippen LogP contribution in [0.1, 0.15) is 55.2 Å². The monoisotopic (exact) mass is 412 g/mol. The summed E-state index contributed by atoms with van der Waals surface area (Å²) < 4.78 is 4.66. The van der Waals surface area contributed by atoms with Crippen molar-refractivity contribution in [2.24, 2.45) is 5.92 Å². The molecule has 156 valence electrons. The minimum absolute atomic E-state index is 0.0255. The van der Waals surface area contributed by atoms with Gasteiger partial charge in [-0.15, -0.1) is 11.3 Å². The van der Waals surface area contributed by atoms with E-state index >= 15 is 0 Å². The first-order valence-corrected chi connectivity index (χ1v) is 10.2. The van der Waals surface area contributed by atoms with Crippen LogP contribution in [0.5, 0.6) is 0 Å². The Morgan fingerprint density at radius 1 is 1.32 bits per heavy atom. The Hall–Kier alpha value is -2.04. The van der Waals surface area contributed by atoms with Crippen molar-refractivity contribution in [1.29, 1.82) is 0 Å². The normalized spacial score (nSPS) is 19.7. The van der Waals surface area contributed by atoms with E-state index in [-0.39, 0.29) is 23.6 Å². The van der Waals surface area contributed by atoms with Gasteiger partial charge < -0.3 is 25.8 Å². The van der Waals surface area contributed by atoms with Gasteiger partial charge in [0, 0.05) is 5.38 Å². The maximum Gasteiger partial charge on any atom is 0.357 e. The van der Waals surface area contributed by atoms with Gasteiger partial charge in [0.25, 0.3) is 0 Å². The maximum absolute atomic E-state index is 12.8. The molecule has 0 saturated carbocycles. The van der Waals surface area contributed by atoms with Crippen LogP contribution in [0.3, 0.4) is 0 Å². The fourth-order valence-electron chi connectivity index (χ4n) is 2.95. The van der Waals surface area contributed by atoms with Crippen LogP contribution in [0, 0.1) is 5.92 Å². The molecule has 0 unspecified atom stereocenters. The van der Waals surface area contributed by atoms with Crippen LogP contribution in [0.2, 0.25) is 0 Å². The standard InChI is InChI=1S/C18H28N4O5S/c1-9(2)13(17-20-12(8-28-17)18(26)27-4)21-16(25)14(10(3)23)22-15(24)11-6-5-7-19-11/h8-11,13-14,19,23H,5-7H2,1-4H3,(H,21,25)(H,22,24)/t10-,11-,13-,14-/m0/s1. The van der Waals surface area contributed by atoms with Gasteiger partial charge in [0.05, 0.1) is 25.3 Å². The Bertz CT molecular complexity index is 700. The van der Waals surface area contributed by atoms with Gasteiger partial charge in [-0.25, -0.2) is 9.78 Å². The summed E-state index contributed by atoms with van der Waals surface area (Å²) in [4.78, 5) is 41.0. The van der Waals surface area contributed by atoms with Crippen LogP contribution in [-0.2, 0) is 14.3 Å². The molecule has 4 N–H and O–H groups in total. The molecule has 1 aliphatic heterocycles. The quantitative estimate of drug-likeness (QED) is 0.454. The molecule has 0 radical (unpaired) electrons. The predicted molar refractivity (Wildman–Crippen MR) is 104 cm³/mol. The van der Waals surface area contributed by atoms with Crippen molar-refractivity contribution in [3.63, 3.8) is 0 Å². The second-order valence-electron chi connectivity index (χ2n) is 7.17. The van der Waals surface area contributed by atoms with Crippen molar-refractivity contribution >= 4 is 29.1 Å². The number of aromatic nitrogens is 1. The number of carbonyl (C=O) groups is 3. The van der Waals surface area contributed by atoms with E-state index in [4.69, 9.17) is 0 Å². The number of thiazole rings is 1. The summed E-state index contributed by atoms with van der Waals surface area (Å²) in [5.41, 5.74) is 0.176.